The molecule has 5 nitrogen and oxygen atoms in total. The predicted octanol–water partition coefficient (Wildman–Crippen LogP) is 2.61. The lowest BCUT2D eigenvalue weighted by molar-refractivity contribution is -0.148. The Morgan fingerprint density at radius 3 is 1.95 bits per heavy atom. The second kappa shape index (κ2) is 7.01. The van der Waals surface area contributed by atoms with Crippen molar-refractivity contribution in [2.24, 2.45) is 5.92 Å². The van der Waals surface area contributed by atoms with Crippen LogP contribution in [-0.2, 0) is 22.6 Å². The van der Waals surface area contributed by atoms with Crippen LogP contribution in [0.1, 0.15) is 31.4 Å². The average molecular weight is 307 g/mol. The van der Waals surface area contributed by atoms with Gasteiger partial charge in [0, 0.05) is 13.1 Å². The summed E-state index contributed by atoms with van der Waals surface area (Å²) < 4.78 is 15.7. The Hall–Kier alpha value is -1.75. The van der Waals surface area contributed by atoms with Crippen LogP contribution in [0.4, 0.5) is 0 Å². The van der Waals surface area contributed by atoms with Gasteiger partial charge in [-0.15, -0.1) is 0 Å². The third kappa shape index (κ3) is 3.35. The van der Waals surface area contributed by atoms with Gasteiger partial charge in [0.25, 0.3) is 0 Å². The Morgan fingerprint density at radius 2 is 1.59 bits per heavy atom. The molecule has 0 unspecified atom stereocenters. The van der Waals surface area contributed by atoms with Crippen molar-refractivity contribution in [3.63, 3.8) is 0 Å². The van der Waals surface area contributed by atoms with Gasteiger partial charge in [0.1, 0.15) is 6.04 Å². The summed E-state index contributed by atoms with van der Waals surface area (Å²) in [4.78, 5) is 14.3. The van der Waals surface area contributed by atoms with Crippen LogP contribution in [0.2, 0.25) is 0 Å². The van der Waals surface area contributed by atoms with Crippen LogP contribution >= 0.6 is 0 Å². The van der Waals surface area contributed by atoms with E-state index in [1.807, 2.05) is 12.1 Å². The van der Waals surface area contributed by atoms with Crippen LogP contribution < -0.4 is 9.47 Å². The molecule has 0 aliphatic carbocycles. The fourth-order valence-electron chi connectivity index (χ4n) is 2.95. The van der Waals surface area contributed by atoms with E-state index < -0.39 is 0 Å². The van der Waals surface area contributed by atoms with Crippen LogP contribution in [0.3, 0.4) is 0 Å². The Kier molecular flexibility index (Phi) is 5.29. The summed E-state index contributed by atoms with van der Waals surface area (Å²) in [6, 6.07) is 3.78. The van der Waals surface area contributed by atoms with Crippen molar-refractivity contribution in [1.82, 2.24) is 4.90 Å². The number of methoxy groups -OCH3 is 3. The largest absolute Gasteiger partial charge is 0.493 e. The Balaban J connectivity index is 2.24. The number of ether oxygens (including phenoxy) is 3. The van der Waals surface area contributed by atoms with E-state index in [9.17, 15) is 4.79 Å². The zero-order chi connectivity index (χ0) is 16.3. The lowest BCUT2D eigenvalue weighted by Crippen LogP contribution is -2.39. The van der Waals surface area contributed by atoms with Gasteiger partial charge in [-0.3, -0.25) is 9.69 Å². The molecule has 0 amide bonds. The number of carbonyl (C=O) groups is 1. The fraction of sp³-hybridized carbons (Fsp3) is 0.588. The molecule has 5 heteroatoms. The second-order valence-corrected chi connectivity index (χ2v) is 6.05. The standard InChI is InChI=1S/C17H25NO4/c1-11(2)6-14(17(19)22-5)18-9-12-7-15(20-3)16(21-4)8-13(12)10-18/h7-8,11,14H,6,9-10H2,1-5H3/t14-/m0/s1. The highest BCUT2D eigenvalue weighted by Gasteiger charge is 2.32. The summed E-state index contributed by atoms with van der Waals surface area (Å²) in [6.07, 6.45) is 0.787. The summed E-state index contributed by atoms with van der Waals surface area (Å²) >= 11 is 0. The third-order valence-electron chi connectivity index (χ3n) is 4.06. The van der Waals surface area contributed by atoms with Gasteiger partial charge in [0.2, 0.25) is 0 Å². The van der Waals surface area contributed by atoms with Gasteiger partial charge in [-0.1, -0.05) is 13.8 Å². The molecule has 1 aromatic rings. The van der Waals surface area contributed by atoms with E-state index in [1.165, 1.54) is 18.2 Å². The first-order chi connectivity index (χ1) is 10.5. The maximum absolute atomic E-state index is 12.1. The average Bonchev–Trinajstić information content (AvgIpc) is 2.92. The highest BCUT2D eigenvalue weighted by molar-refractivity contribution is 5.75. The molecule has 1 atom stereocenters. The molecule has 0 N–H and O–H groups in total. The van der Waals surface area contributed by atoms with Crippen molar-refractivity contribution in [2.45, 2.75) is 39.4 Å². The monoisotopic (exact) mass is 307 g/mol. The van der Waals surface area contributed by atoms with Crippen molar-refractivity contribution < 1.29 is 19.0 Å². The number of benzene rings is 1. The van der Waals surface area contributed by atoms with Gasteiger partial charge >= 0.3 is 5.97 Å². The molecular weight excluding hydrogens is 282 g/mol. The highest BCUT2D eigenvalue weighted by Crippen LogP contribution is 2.36. The van der Waals surface area contributed by atoms with E-state index >= 15 is 0 Å². The Morgan fingerprint density at radius 1 is 1.09 bits per heavy atom. The molecule has 0 aromatic heterocycles. The van der Waals surface area contributed by atoms with E-state index in [1.54, 1.807) is 14.2 Å². The van der Waals surface area contributed by atoms with E-state index in [4.69, 9.17) is 14.2 Å². The lowest BCUT2D eigenvalue weighted by atomic mass is 10.0. The molecule has 1 aromatic carbocycles. The predicted molar refractivity (Wildman–Crippen MR) is 84.1 cm³/mol. The van der Waals surface area contributed by atoms with Crippen LogP contribution in [0.25, 0.3) is 0 Å². The summed E-state index contributed by atoms with van der Waals surface area (Å²) in [5.41, 5.74) is 2.35. The number of esters is 1. The molecule has 0 saturated carbocycles. The third-order valence-corrected chi connectivity index (χ3v) is 4.06. The minimum absolute atomic E-state index is 0.166. The van der Waals surface area contributed by atoms with Gasteiger partial charge in [-0.2, -0.15) is 0 Å². The van der Waals surface area contributed by atoms with Crippen molar-refractivity contribution in [3.05, 3.63) is 23.3 Å². The Bertz CT molecular complexity index is 509. The van der Waals surface area contributed by atoms with E-state index in [0.717, 1.165) is 31.0 Å². The van der Waals surface area contributed by atoms with Crippen molar-refractivity contribution in [3.8, 4) is 11.5 Å². The maximum Gasteiger partial charge on any atom is 0.323 e. The molecule has 122 valence electrons. The zero-order valence-corrected chi connectivity index (χ0v) is 14.0. The van der Waals surface area contributed by atoms with Gasteiger partial charge in [-0.05, 0) is 35.6 Å². The normalized spacial score (nSPS) is 15.5. The fourth-order valence-corrected chi connectivity index (χ4v) is 2.95. The van der Waals surface area contributed by atoms with Crippen molar-refractivity contribution in [1.29, 1.82) is 0 Å². The van der Waals surface area contributed by atoms with Crippen LogP contribution in [0.5, 0.6) is 11.5 Å². The number of carbonyl (C=O) groups excluding carboxylic acids is 1. The van der Waals surface area contributed by atoms with Gasteiger partial charge in [0.15, 0.2) is 11.5 Å². The van der Waals surface area contributed by atoms with Crippen LogP contribution in [0.15, 0.2) is 12.1 Å². The molecular formula is C17H25NO4. The number of hydrogen-bond acceptors (Lipinski definition) is 5. The van der Waals surface area contributed by atoms with E-state index in [0.29, 0.717) is 5.92 Å². The molecule has 0 spiro atoms. The van der Waals surface area contributed by atoms with Gasteiger partial charge in [-0.25, -0.2) is 0 Å². The summed E-state index contributed by atoms with van der Waals surface area (Å²) in [6.45, 7) is 5.68. The number of hydrogen-bond donors (Lipinski definition) is 0. The zero-order valence-electron chi connectivity index (χ0n) is 14.0. The first-order valence-electron chi connectivity index (χ1n) is 7.55. The highest BCUT2D eigenvalue weighted by atomic mass is 16.5. The minimum atomic E-state index is -0.214. The van der Waals surface area contributed by atoms with E-state index in [2.05, 4.69) is 18.7 Å². The molecule has 0 fully saturated rings. The number of rotatable bonds is 6. The molecule has 22 heavy (non-hydrogen) atoms. The van der Waals surface area contributed by atoms with E-state index in [-0.39, 0.29) is 12.0 Å². The summed E-state index contributed by atoms with van der Waals surface area (Å²) in [7, 11) is 4.71. The molecule has 0 saturated heterocycles. The first-order valence-corrected chi connectivity index (χ1v) is 7.55. The van der Waals surface area contributed by atoms with Crippen molar-refractivity contribution >= 4 is 5.97 Å². The van der Waals surface area contributed by atoms with Crippen LogP contribution in [0, 0.1) is 5.92 Å². The maximum atomic E-state index is 12.1. The van der Waals surface area contributed by atoms with Crippen molar-refractivity contribution in [2.75, 3.05) is 21.3 Å². The second-order valence-electron chi connectivity index (χ2n) is 6.05. The van der Waals surface area contributed by atoms with Crippen LogP contribution in [-0.4, -0.2) is 38.2 Å². The molecule has 1 heterocycles. The molecule has 2 rings (SSSR count). The molecule has 0 bridgehead atoms. The number of nitrogens with zero attached hydrogens (tertiary/aromatic N) is 1. The van der Waals surface area contributed by atoms with Gasteiger partial charge in [0.05, 0.1) is 21.3 Å². The minimum Gasteiger partial charge on any atom is -0.493 e. The molecule has 0 radical (unpaired) electrons. The smallest absolute Gasteiger partial charge is 0.323 e. The number of fused-ring (bicyclic) bond motifs is 1. The molecule has 1 aliphatic rings. The topological polar surface area (TPSA) is 48.0 Å². The SMILES string of the molecule is COC(=O)[C@H](CC(C)C)N1Cc2cc(OC)c(OC)cc2C1. The molecule has 1 aliphatic heterocycles. The first kappa shape index (κ1) is 16.6. The quantitative estimate of drug-likeness (QED) is 0.756. The Labute approximate surface area is 132 Å². The lowest BCUT2D eigenvalue weighted by Gasteiger charge is -2.26. The summed E-state index contributed by atoms with van der Waals surface area (Å²) in [5, 5.41) is 0. The van der Waals surface area contributed by atoms with Gasteiger partial charge < -0.3 is 14.2 Å². The summed E-state index contributed by atoms with van der Waals surface area (Å²) in [5.74, 6) is 1.71.